The van der Waals surface area contributed by atoms with Crippen LogP contribution in [-0.2, 0) is 9.90 Å². The molecule has 1 rings (SSSR count). The van der Waals surface area contributed by atoms with Crippen LogP contribution in [0.5, 0.6) is 0 Å². The third-order valence-corrected chi connectivity index (χ3v) is 2.31. The fourth-order valence-electron chi connectivity index (χ4n) is 1.30. The summed E-state index contributed by atoms with van der Waals surface area (Å²) in [4.78, 5) is 10.3. The predicted octanol–water partition coefficient (Wildman–Crippen LogP) is 1.38. The highest BCUT2D eigenvalue weighted by Gasteiger charge is 2.44. The van der Waals surface area contributed by atoms with Crippen molar-refractivity contribution >= 4 is 5.97 Å². The summed E-state index contributed by atoms with van der Waals surface area (Å²) >= 11 is 0. The van der Waals surface area contributed by atoms with Gasteiger partial charge in [0.1, 0.15) is 0 Å². The molecule has 0 saturated heterocycles. The van der Waals surface area contributed by atoms with Crippen molar-refractivity contribution in [1.82, 2.24) is 0 Å². The SMILES string of the molecule is CC1(C)CCC1C([O])=O. The molecule has 1 radical (unpaired) electrons. The molecule has 0 aliphatic heterocycles. The Labute approximate surface area is 54.9 Å². The summed E-state index contributed by atoms with van der Waals surface area (Å²) in [5.41, 5.74) is -0.00116. The van der Waals surface area contributed by atoms with Gasteiger partial charge in [-0.25, -0.2) is 9.90 Å². The minimum absolute atomic E-state index is 0.00116. The first-order valence-corrected chi connectivity index (χ1v) is 3.25. The van der Waals surface area contributed by atoms with Gasteiger partial charge in [0.15, 0.2) is 0 Å². The highest BCUT2D eigenvalue weighted by Crippen LogP contribution is 2.45. The van der Waals surface area contributed by atoms with E-state index >= 15 is 0 Å². The summed E-state index contributed by atoms with van der Waals surface area (Å²) < 4.78 is 0. The topological polar surface area (TPSA) is 37.0 Å². The van der Waals surface area contributed by atoms with Crippen molar-refractivity contribution in [3.63, 3.8) is 0 Å². The molecule has 1 unspecified atom stereocenters. The van der Waals surface area contributed by atoms with Crippen LogP contribution in [-0.4, -0.2) is 5.97 Å². The zero-order chi connectivity index (χ0) is 7.07. The molecule has 0 aromatic heterocycles. The van der Waals surface area contributed by atoms with E-state index in [1.807, 2.05) is 13.8 Å². The molecule has 2 nitrogen and oxygen atoms in total. The Kier molecular flexibility index (Phi) is 1.26. The highest BCUT2D eigenvalue weighted by molar-refractivity contribution is 5.71. The Hall–Kier alpha value is -0.530. The van der Waals surface area contributed by atoms with E-state index in [2.05, 4.69) is 0 Å². The number of carbonyl (C=O) groups excluding carboxylic acids is 1. The average molecular weight is 127 g/mol. The first-order chi connectivity index (χ1) is 4.04. The Bertz CT molecular complexity index is 138. The van der Waals surface area contributed by atoms with Gasteiger partial charge in [-0.3, -0.25) is 0 Å². The molecule has 0 amide bonds. The molecule has 1 fully saturated rings. The van der Waals surface area contributed by atoms with Gasteiger partial charge in [-0.1, -0.05) is 13.8 Å². The molecule has 0 N–H and O–H groups in total. The van der Waals surface area contributed by atoms with Gasteiger partial charge in [-0.05, 0) is 18.3 Å². The largest absolute Gasteiger partial charge is 0.359 e. The molecule has 2 heteroatoms. The summed E-state index contributed by atoms with van der Waals surface area (Å²) in [5, 5.41) is 10.3. The summed E-state index contributed by atoms with van der Waals surface area (Å²) in [6.07, 6.45) is 1.82. The van der Waals surface area contributed by atoms with E-state index in [0.717, 1.165) is 12.8 Å². The van der Waals surface area contributed by atoms with Crippen molar-refractivity contribution in [2.75, 3.05) is 0 Å². The van der Waals surface area contributed by atoms with Gasteiger partial charge in [0, 0.05) is 0 Å². The van der Waals surface area contributed by atoms with Crippen molar-refractivity contribution in [1.29, 1.82) is 0 Å². The van der Waals surface area contributed by atoms with Gasteiger partial charge in [-0.15, -0.1) is 0 Å². The lowest BCUT2D eigenvalue weighted by Gasteiger charge is -2.40. The van der Waals surface area contributed by atoms with Crippen LogP contribution >= 0.6 is 0 Å². The lowest BCUT2D eigenvalue weighted by molar-refractivity contribution is -0.158. The normalized spacial score (nSPS) is 31.1. The maximum Gasteiger partial charge on any atom is 0.359 e. The van der Waals surface area contributed by atoms with Crippen molar-refractivity contribution in [2.24, 2.45) is 11.3 Å². The van der Waals surface area contributed by atoms with Crippen molar-refractivity contribution in [2.45, 2.75) is 26.7 Å². The Morgan fingerprint density at radius 3 is 2.11 bits per heavy atom. The monoisotopic (exact) mass is 127 g/mol. The minimum Gasteiger partial charge on any atom is -0.247 e. The molecule has 1 atom stereocenters. The zero-order valence-corrected chi connectivity index (χ0v) is 5.81. The number of rotatable bonds is 1. The van der Waals surface area contributed by atoms with E-state index in [0.29, 0.717) is 0 Å². The minimum atomic E-state index is -0.883. The quantitative estimate of drug-likeness (QED) is 0.524. The second-order valence-electron chi connectivity index (χ2n) is 3.40. The smallest absolute Gasteiger partial charge is 0.247 e. The first-order valence-electron chi connectivity index (χ1n) is 3.25. The Morgan fingerprint density at radius 1 is 1.56 bits per heavy atom. The van der Waals surface area contributed by atoms with Crippen LogP contribution in [0.1, 0.15) is 26.7 Å². The molecule has 51 valence electrons. The molecular weight excluding hydrogens is 116 g/mol. The molecular formula is C7H11O2. The molecule has 9 heavy (non-hydrogen) atoms. The maximum atomic E-state index is 10.3. The van der Waals surface area contributed by atoms with Crippen molar-refractivity contribution < 1.29 is 9.90 Å². The van der Waals surface area contributed by atoms with E-state index in [1.165, 1.54) is 0 Å². The number of carbonyl (C=O) groups is 1. The molecule has 1 aliphatic carbocycles. The zero-order valence-electron chi connectivity index (χ0n) is 5.81. The van der Waals surface area contributed by atoms with E-state index in [4.69, 9.17) is 0 Å². The van der Waals surface area contributed by atoms with Gasteiger partial charge in [0.25, 0.3) is 0 Å². The molecule has 0 aromatic rings. The van der Waals surface area contributed by atoms with Gasteiger partial charge in [-0.2, -0.15) is 0 Å². The number of hydrogen-bond donors (Lipinski definition) is 0. The number of hydrogen-bond acceptors (Lipinski definition) is 1. The second kappa shape index (κ2) is 1.72. The second-order valence-corrected chi connectivity index (χ2v) is 3.40. The summed E-state index contributed by atoms with van der Waals surface area (Å²) in [6.45, 7) is 3.94. The summed E-state index contributed by atoms with van der Waals surface area (Å²) in [7, 11) is 0. The molecule has 0 heterocycles. The lowest BCUT2D eigenvalue weighted by Crippen LogP contribution is -2.39. The maximum absolute atomic E-state index is 10.3. The van der Waals surface area contributed by atoms with Crippen LogP contribution in [0.2, 0.25) is 0 Å². The molecule has 1 saturated carbocycles. The van der Waals surface area contributed by atoms with Crippen LogP contribution < -0.4 is 0 Å². The molecule has 0 spiro atoms. The van der Waals surface area contributed by atoms with Gasteiger partial charge in [0.05, 0.1) is 5.92 Å². The van der Waals surface area contributed by atoms with E-state index < -0.39 is 5.97 Å². The summed E-state index contributed by atoms with van der Waals surface area (Å²) in [5.74, 6) is -1.08. The first kappa shape index (κ1) is 6.59. The summed E-state index contributed by atoms with van der Waals surface area (Å²) in [6, 6.07) is 0. The molecule has 1 aliphatic rings. The molecule has 0 bridgehead atoms. The van der Waals surface area contributed by atoms with Crippen LogP contribution in [0.3, 0.4) is 0 Å². The van der Waals surface area contributed by atoms with Crippen LogP contribution in [0.25, 0.3) is 0 Å². The highest BCUT2D eigenvalue weighted by atomic mass is 16.4. The van der Waals surface area contributed by atoms with Gasteiger partial charge in [0.2, 0.25) is 0 Å². The van der Waals surface area contributed by atoms with Gasteiger partial charge >= 0.3 is 5.97 Å². The van der Waals surface area contributed by atoms with Crippen LogP contribution in [0.15, 0.2) is 0 Å². The van der Waals surface area contributed by atoms with Gasteiger partial charge < -0.3 is 0 Å². The van der Waals surface area contributed by atoms with Crippen molar-refractivity contribution in [3.05, 3.63) is 0 Å². The molecule has 0 aromatic carbocycles. The average Bonchev–Trinajstić information content (AvgIpc) is 1.62. The predicted molar refractivity (Wildman–Crippen MR) is 32.2 cm³/mol. The standard InChI is InChI=1S/C7H11O2/c1-7(2)4-3-5(7)6(8)9/h5H,3-4H2,1-2H3. The third kappa shape index (κ3) is 0.934. The Balaban J connectivity index is 2.55. The van der Waals surface area contributed by atoms with E-state index in [1.54, 1.807) is 0 Å². The van der Waals surface area contributed by atoms with E-state index in [9.17, 15) is 9.90 Å². The fourth-order valence-corrected chi connectivity index (χ4v) is 1.30. The van der Waals surface area contributed by atoms with E-state index in [-0.39, 0.29) is 11.3 Å². The Morgan fingerprint density at radius 2 is 2.11 bits per heavy atom. The van der Waals surface area contributed by atoms with Crippen molar-refractivity contribution in [3.8, 4) is 0 Å². The van der Waals surface area contributed by atoms with Crippen LogP contribution in [0.4, 0.5) is 0 Å². The lowest BCUT2D eigenvalue weighted by atomic mass is 9.63. The third-order valence-electron chi connectivity index (χ3n) is 2.31. The van der Waals surface area contributed by atoms with Crippen LogP contribution in [0, 0.1) is 11.3 Å². The fraction of sp³-hybridized carbons (Fsp3) is 0.857.